The molecule has 0 aliphatic carbocycles. The van der Waals surface area contributed by atoms with Crippen LogP contribution in [0.4, 0.5) is 5.69 Å². The van der Waals surface area contributed by atoms with Crippen LogP contribution in [0.2, 0.25) is 0 Å². The first-order valence-corrected chi connectivity index (χ1v) is 8.31. The molecule has 3 rings (SSSR count). The summed E-state index contributed by atoms with van der Waals surface area (Å²) < 4.78 is 5.32. The number of carbonyl (C=O) groups is 2. The second-order valence-electron chi connectivity index (χ2n) is 6.25. The van der Waals surface area contributed by atoms with E-state index in [9.17, 15) is 9.59 Å². The SMILES string of the molecule is CC(=O)c1ccc(NC(=O)c2ccccc2-c2nc(C(C)C)no2)cc1. The lowest BCUT2D eigenvalue weighted by atomic mass is 10.1. The molecule has 1 aromatic heterocycles. The molecule has 0 unspecified atom stereocenters. The summed E-state index contributed by atoms with van der Waals surface area (Å²) in [5.74, 6) is 0.723. The minimum absolute atomic E-state index is 0.0226. The van der Waals surface area contributed by atoms with Crippen molar-refractivity contribution in [3.8, 4) is 11.5 Å². The maximum absolute atomic E-state index is 12.7. The molecule has 0 atom stereocenters. The molecule has 2 aromatic carbocycles. The summed E-state index contributed by atoms with van der Waals surface area (Å²) in [6.07, 6.45) is 0. The maximum Gasteiger partial charge on any atom is 0.258 e. The first-order valence-electron chi connectivity index (χ1n) is 8.31. The minimum Gasteiger partial charge on any atom is -0.334 e. The summed E-state index contributed by atoms with van der Waals surface area (Å²) in [4.78, 5) is 28.4. The van der Waals surface area contributed by atoms with Gasteiger partial charge in [0.1, 0.15) is 0 Å². The smallest absolute Gasteiger partial charge is 0.258 e. The molecule has 1 N–H and O–H groups in total. The number of ketones is 1. The monoisotopic (exact) mass is 349 g/mol. The fourth-order valence-corrected chi connectivity index (χ4v) is 2.43. The third-order valence-corrected chi connectivity index (χ3v) is 3.91. The van der Waals surface area contributed by atoms with E-state index >= 15 is 0 Å². The number of rotatable bonds is 5. The highest BCUT2D eigenvalue weighted by molar-refractivity contribution is 6.08. The van der Waals surface area contributed by atoms with Gasteiger partial charge in [0.25, 0.3) is 11.8 Å². The predicted octanol–water partition coefficient (Wildman–Crippen LogP) is 4.31. The molecule has 0 bridgehead atoms. The lowest BCUT2D eigenvalue weighted by Crippen LogP contribution is -2.13. The van der Waals surface area contributed by atoms with Crippen LogP contribution in [-0.2, 0) is 0 Å². The zero-order chi connectivity index (χ0) is 18.7. The first-order chi connectivity index (χ1) is 12.5. The van der Waals surface area contributed by atoms with Crippen molar-refractivity contribution in [2.24, 2.45) is 0 Å². The van der Waals surface area contributed by atoms with Crippen LogP contribution < -0.4 is 5.32 Å². The van der Waals surface area contributed by atoms with Gasteiger partial charge >= 0.3 is 0 Å². The van der Waals surface area contributed by atoms with Crippen LogP contribution in [0.15, 0.2) is 53.1 Å². The van der Waals surface area contributed by atoms with Crippen LogP contribution in [0.1, 0.15) is 53.2 Å². The molecule has 132 valence electrons. The molecule has 0 fully saturated rings. The number of nitrogens with zero attached hydrogens (tertiary/aromatic N) is 2. The normalized spacial score (nSPS) is 10.8. The van der Waals surface area contributed by atoms with Crippen LogP contribution in [0.25, 0.3) is 11.5 Å². The van der Waals surface area contributed by atoms with Crippen molar-refractivity contribution >= 4 is 17.4 Å². The predicted molar refractivity (Wildman–Crippen MR) is 98.2 cm³/mol. The average Bonchev–Trinajstić information content (AvgIpc) is 3.12. The van der Waals surface area contributed by atoms with E-state index in [1.54, 1.807) is 42.5 Å². The Hall–Kier alpha value is -3.28. The molecule has 0 saturated heterocycles. The first kappa shape index (κ1) is 17.5. The fraction of sp³-hybridized carbons (Fsp3) is 0.200. The molecule has 6 heteroatoms. The zero-order valence-corrected chi connectivity index (χ0v) is 14.8. The Morgan fingerprint density at radius 1 is 1.04 bits per heavy atom. The average molecular weight is 349 g/mol. The number of carbonyl (C=O) groups excluding carboxylic acids is 2. The van der Waals surface area contributed by atoms with Crippen LogP contribution in [-0.4, -0.2) is 21.8 Å². The molecule has 6 nitrogen and oxygen atoms in total. The third kappa shape index (κ3) is 3.69. The Kier molecular flexibility index (Phi) is 4.93. The molecule has 1 amide bonds. The molecule has 0 aliphatic rings. The van der Waals surface area contributed by atoms with Gasteiger partial charge in [0.05, 0.1) is 11.1 Å². The van der Waals surface area contributed by atoms with Gasteiger partial charge in [-0.15, -0.1) is 0 Å². The van der Waals surface area contributed by atoms with Crippen molar-refractivity contribution in [2.45, 2.75) is 26.7 Å². The van der Waals surface area contributed by atoms with Crippen molar-refractivity contribution < 1.29 is 14.1 Å². The van der Waals surface area contributed by atoms with Crippen LogP contribution in [0, 0.1) is 0 Å². The van der Waals surface area contributed by atoms with Crippen LogP contribution in [0.3, 0.4) is 0 Å². The maximum atomic E-state index is 12.7. The molecule has 0 radical (unpaired) electrons. The number of hydrogen-bond acceptors (Lipinski definition) is 5. The standard InChI is InChI=1S/C20H19N3O3/c1-12(2)18-22-20(26-23-18)17-7-5-4-6-16(17)19(25)21-15-10-8-14(9-11-15)13(3)24/h4-12H,1-3H3,(H,21,25). The zero-order valence-electron chi connectivity index (χ0n) is 14.8. The summed E-state index contributed by atoms with van der Waals surface area (Å²) in [7, 11) is 0. The van der Waals surface area contributed by atoms with Crippen molar-refractivity contribution in [2.75, 3.05) is 5.32 Å². The van der Waals surface area contributed by atoms with Crippen molar-refractivity contribution in [1.29, 1.82) is 0 Å². The molecule has 26 heavy (non-hydrogen) atoms. The van der Waals surface area contributed by atoms with Crippen molar-refractivity contribution in [1.82, 2.24) is 10.1 Å². The molecule has 1 heterocycles. The van der Waals surface area contributed by atoms with Gasteiger partial charge in [-0.2, -0.15) is 4.98 Å². The number of hydrogen-bond donors (Lipinski definition) is 1. The van der Waals surface area contributed by atoms with Crippen molar-refractivity contribution in [3.05, 3.63) is 65.5 Å². The highest BCUT2D eigenvalue weighted by Crippen LogP contribution is 2.24. The molecular weight excluding hydrogens is 330 g/mol. The Morgan fingerprint density at radius 2 is 1.73 bits per heavy atom. The number of benzene rings is 2. The lowest BCUT2D eigenvalue weighted by Gasteiger charge is -2.08. The number of anilines is 1. The Bertz CT molecular complexity index is 943. The van der Waals surface area contributed by atoms with E-state index in [-0.39, 0.29) is 17.6 Å². The quantitative estimate of drug-likeness (QED) is 0.694. The van der Waals surface area contributed by atoms with E-state index in [0.29, 0.717) is 34.1 Å². The number of Topliss-reactive ketones (excluding diaryl/α,β-unsaturated/α-hetero) is 1. The van der Waals surface area contributed by atoms with Crippen LogP contribution in [0.5, 0.6) is 0 Å². The van der Waals surface area contributed by atoms with Gasteiger partial charge in [-0.1, -0.05) is 31.1 Å². The van der Waals surface area contributed by atoms with Gasteiger partial charge in [-0.25, -0.2) is 0 Å². The Balaban J connectivity index is 1.86. The lowest BCUT2D eigenvalue weighted by molar-refractivity contribution is 0.101. The van der Waals surface area contributed by atoms with E-state index < -0.39 is 0 Å². The fourth-order valence-electron chi connectivity index (χ4n) is 2.43. The van der Waals surface area contributed by atoms with E-state index in [1.807, 2.05) is 19.9 Å². The number of amides is 1. The van der Waals surface area contributed by atoms with Gasteiger partial charge in [0.15, 0.2) is 11.6 Å². The molecule has 0 aliphatic heterocycles. The molecule has 0 saturated carbocycles. The van der Waals surface area contributed by atoms with Gasteiger partial charge in [0.2, 0.25) is 0 Å². The third-order valence-electron chi connectivity index (χ3n) is 3.91. The minimum atomic E-state index is -0.291. The Morgan fingerprint density at radius 3 is 2.35 bits per heavy atom. The molecular formula is C20H19N3O3. The molecule has 0 spiro atoms. The topological polar surface area (TPSA) is 85.1 Å². The van der Waals surface area contributed by atoms with Gasteiger partial charge < -0.3 is 9.84 Å². The Labute approximate surface area is 151 Å². The summed E-state index contributed by atoms with van der Waals surface area (Å²) in [5.41, 5.74) is 2.20. The van der Waals surface area contributed by atoms with Gasteiger partial charge in [0, 0.05) is 17.2 Å². The summed E-state index contributed by atoms with van der Waals surface area (Å²) in [6, 6.07) is 13.8. The second kappa shape index (κ2) is 7.31. The number of nitrogens with one attached hydrogen (secondary N) is 1. The van der Waals surface area contributed by atoms with E-state index in [4.69, 9.17) is 4.52 Å². The highest BCUT2D eigenvalue weighted by atomic mass is 16.5. The summed E-state index contributed by atoms with van der Waals surface area (Å²) >= 11 is 0. The van der Waals surface area contributed by atoms with E-state index in [2.05, 4.69) is 15.5 Å². The van der Waals surface area contributed by atoms with Crippen molar-refractivity contribution in [3.63, 3.8) is 0 Å². The summed E-state index contributed by atoms with van der Waals surface area (Å²) in [6.45, 7) is 5.44. The van der Waals surface area contributed by atoms with Gasteiger partial charge in [-0.3, -0.25) is 9.59 Å². The van der Waals surface area contributed by atoms with E-state index in [0.717, 1.165) is 0 Å². The van der Waals surface area contributed by atoms with E-state index in [1.165, 1.54) is 6.92 Å². The largest absolute Gasteiger partial charge is 0.334 e. The number of aromatic nitrogens is 2. The summed E-state index contributed by atoms with van der Waals surface area (Å²) in [5, 5.41) is 6.78. The second-order valence-corrected chi connectivity index (χ2v) is 6.25. The molecule has 3 aromatic rings. The van der Waals surface area contributed by atoms with Crippen LogP contribution >= 0.6 is 0 Å². The highest BCUT2D eigenvalue weighted by Gasteiger charge is 2.18. The van der Waals surface area contributed by atoms with Gasteiger partial charge in [-0.05, 0) is 43.3 Å².